The van der Waals surface area contributed by atoms with E-state index in [-0.39, 0.29) is 11.5 Å². The Bertz CT molecular complexity index is 1730. The van der Waals surface area contributed by atoms with Gasteiger partial charge in [-0.1, -0.05) is 37.6 Å². The summed E-state index contributed by atoms with van der Waals surface area (Å²) < 4.78 is 3.96. The molecule has 39 heavy (non-hydrogen) atoms. The van der Waals surface area contributed by atoms with Crippen LogP contribution in [0.5, 0.6) is 0 Å². The first kappa shape index (κ1) is 25.1. The normalized spacial score (nSPS) is 14.5. The first-order valence-corrected chi connectivity index (χ1v) is 13.4. The maximum Gasteiger partial charge on any atom is 0.139 e. The van der Waals surface area contributed by atoms with Gasteiger partial charge >= 0.3 is 0 Å². The van der Waals surface area contributed by atoms with Crippen LogP contribution in [0.25, 0.3) is 21.9 Å². The maximum atomic E-state index is 9.84. The minimum atomic E-state index is -0.308. The lowest BCUT2D eigenvalue weighted by Gasteiger charge is -2.22. The van der Waals surface area contributed by atoms with Crippen LogP contribution in [0.1, 0.15) is 62.5 Å². The largest absolute Gasteiger partial charge is 0.383 e. The summed E-state index contributed by atoms with van der Waals surface area (Å²) in [6, 6.07) is 10.4. The first-order chi connectivity index (χ1) is 18.7. The summed E-state index contributed by atoms with van der Waals surface area (Å²) in [4.78, 5) is 9.09. The van der Waals surface area contributed by atoms with Crippen LogP contribution in [0.2, 0.25) is 5.02 Å². The third-order valence-electron chi connectivity index (χ3n) is 7.01. The van der Waals surface area contributed by atoms with Crippen molar-refractivity contribution in [2.24, 2.45) is 12.5 Å². The highest BCUT2D eigenvalue weighted by Crippen LogP contribution is 2.38. The summed E-state index contributed by atoms with van der Waals surface area (Å²) in [5.74, 6) is 0. The lowest BCUT2D eigenvalue weighted by Crippen LogP contribution is -2.20. The molecule has 5 aromatic rings. The van der Waals surface area contributed by atoms with E-state index in [1.165, 1.54) is 0 Å². The summed E-state index contributed by atoms with van der Waals surface area (Å²) in [6.45, 7) is 7.13. The Morgan fingerprint density at radius 3 is 2.74 bits per heavy atom. The SMILES string of the molecule is Cn1ccc2c([C@H](Nc3cc(Cl)c4ncc(C#N)c(NCC(C)(C)C)c4c3)c3cn(C4CC4)nn3)ccnc21. The fraction of sp³-hybridized carbons (Fsp3) is 0.345. The van der Waals surface area contributed by atoms with Gasteiger partial charge in [0.2, 0.25) is 0 Å². The van der Waals surface area contributed by atoms with Crippen molar-refractivity contribution in [2.75, 3.05) is 17.2 Å². The topological polar surface area (TPSA) is 109 Å². The third-order valence-corrected chi connectivity index (χ3v) is 7.30. The summed E-state index contributed by atoms with van der Waals surface area (Å²) in [5.41, 5.74) is 5.39. The van der Waals surface area contributed by atoms with Gasteiger partial charge < -0.3 is 15.2 Å². The number of rotatable bonds is 7. The molecule has 198 valence electrons. The Morgan fingerprint density at radius 2 is 2.00 bits per heavy atom. The van der Waals surface area contributed by atoms with Crippen molar-refractivity contribution in [3.05, 3.63) is 70.9 Å². The van der Waals surface area contributed by atoms with Crippen molar-refractivity contribution in [2.45, 2.75) is 45.7 Å². The standard InChI is InChI=1S/C29H30ClN9/c1-29(2,3)16-34-25-17(13-31)14-33-26-22(25)11-18(12-23(26)30)35-27(24-15-39(37-36-24)19-5-6-19)20-7-9-32-28-21(20)8-10-38(28)4/h7-12,14-15,19,27,35H,5-6,16H2,1-4H3,(H,33,34)/t27-/m0/s1. The number of halogens is 1. The highest BCUT2D eigenvalue weighted by Gasteiger charge is 2.28. The van der Waals surface area contributed by atoms with Crippen molar-refractivity contribution in [1.82, 2.24) is 29.5 Å². The molecule has 1 aliphatic rings. The second-order valence-electron chi connectivity index (χ2n) is 11.4. The molecular weight excluding hydrogens is 510 g/mol. The first-order valence-electron chi connectivity index (χ1n) is 13.1. The zero-order chi connectivity index (χ0) is 27.3. The number of aryl methyl sites for hydroxylation is 1. The Kier molecular flexibility index (Phi) is 6.15. The Labute approximate surface area is 231 Å². The van der Waals surface area contributed by atoms with Crippen LogP contribution >= 0.6 is 11.6 Å². The van der Waals surface area contributed by atoms with Gasteiger partial charge in [0.05, 0.1) is 40.1 Å². The van der Waals surface area contributed by atoms with E-state index in [1.807, 2.05) is 53.1 Å². The molecule has 6 rings (SSSR count). The molecule has 2 N–H and O–H groups in total. The van der Waals surface area contributed by atoms with Gasteiger partial charge in [0.15, 0.2) is 0 Å². The van der Waals surface area contributed by atoms with Crippen molar-refractivity contribution < 1.29 is 0 Å². The predicted octanol–water partition coefficient (Wildman–Crippen LogP) is 6.23. The van der Waals surface area contributed by atoms with Crippen LogP contribution in [-0.2, 0) is 7.05 Å². The Morgan fingerprint density at radius 1 is 1.18 bits per heavy atom. The average molecular weight is 540 g/mol. The second kappa shape index (κ2) is 9.54. The molecule has 1 atom stereocenters. The minimum absolute atomic E-state index is 0.0167. The van der Waals surface area contributed by atoms with Gasteiger partial charge in [0.25, 0.3) is 0 Å². The fourth-order valence-corrected chi connectivity index (χ4v) is 5.09. The smallest absolute Gasteiger partial charge is 0.139 e. The molecule has 4 aromatic heterocycles. The molecule has 1 aliphatic carbocycles. The van der Waals surface area contributed by atoms with E-state index < -0.39 is 0 Å². The number of aromatic nitrogens is 6. The van der Waals surface area contributed by atoms with E-state index in [9.17, 15) is 5.26 Å². The molecule has 4 heterocycles. The number of nitrogens with zero attached hydrogens (tertiary/aromatic N) is 7. The number of nitrogens with one attached hydrogen (secondary N) is 2. The number of nitriles is 1. The molecule has 0 spiro atoms. The van der Waals surface area contributed by atoms with Gasteiger partial charge in [-0.3, -0.25) is 4.98 Å². The van der Waals surface area contributed by atoms with Crippen LogP contribution in [0.3, 0.4) is 0 Å². The van der Waals surface area contributed by atoms with Crippen molar-refractivity contribution in [3.63, 3.8) is 0 Å². The number of pyridine rings is 2. The summed E-state index contributed by atoms with van der Waals surface area (Å²) in [6.07, 6.45) is 9.68. The second-order valence-corrected chi connectivity index (χ2v) is 11.8. The Balaban J connectivity index is 1.47. The van der Waals surface area contributed by atoms with E-state index >= 15 is 0 Å². The molecule has 9 nitrogen and oxygen atoms in total. The van der Waals surface area contributed by atoms with Gasteiger partial charge in [-0.2, -0.15) is 5.26 Å². The molecular formula is C29H30ClN9. The lowest BCUT2D eigenvalue weighted by molar-refractivity contribution is 0.443. The highest BCUT2D eigenvalue weighted by molar-refractivity contribution is 6.35. The zero-order valence-electron chi connectivity index (χ0n) is 22.4. The fourth-order valence-electron chi connectivity index (χ4n) is 4.83. The summed E-state index contributed by atoms with van der Waals surface area (Å²) in [7, 11) is 1.99. The summed E-state index contributed by atoms with van der Waals surface area (Å²) >= 11 is 6.79. The van der Waals surface area contributed by atoms with Crippen LogP contribution in [-0.4, -0.2) is 36.1 Å². The molecule has 0 radical (unpaired) electrons. The molecule has 0 saturated heterocycles. The van der Waals surface area contributed by atoms with Gasteiger partial charge in [-0.25, -0.2) is 9.67 Å². The van der Waals surface area contributed by atoms with E-state index in [2.05, 4.69) is 63.8 Å². The summed E-state index contributed by atoms with van der Waals surface area (Å²) in [5, 5.41) is 28.3. The van der Waals surface area contributed by atoms with Gasteiger partial charge in [-0.05, 0) is 48.1 Å². The number of fused-ring (bicyclic) bond motifs is 2. The van der Waals surface area contributed by atoms with Gasteiger partial charge in [-0.15, -0.1) is 5.10 Å². The zero-order valence-corrected chi connectivity index (χ0v) is 23.2. The van der Waals surface area contributed by atoms with Crippen molar-refractivity contribution in [1.29, 1.82) is 5.26 Å². The monoisotopic (exact) mass is 539 g/mol. The quantitative estimate of drug-likeness (QED) is 0.252. The minimum Gasteiger partial charge on any atom is -0.383 e. The van der Waals surface area contributed by atoms with Crippen LogP contribution in [0, 0.1) is 16.7 Å². The van der Waals surface area contributed by atoms with Crippen LogP contribution < -0.4 is 10.6 Å². The molecule has 1 saturated carbocycles. The number of benzene rings is 1. The van der Waals surface area contributed by atoms with E-state index in [0.717, 1.165) is 51.9 Å². The van der Waals surface area contributed by atoms with Crippen LogP contribution in [0.4, 0.5) is 11.4 Å². The number of hydrogen-bond acceptors (Lipinski definition) is 7. The molecule has 10 heteroatoms. The number of anilines is 2. The Hall–Kier alpha value is -4.16. The predicted molar refractivity (Wildman–Crippen MR) is 154 cm³/mol. The van der Waals surface area contributed by atoms with Crippen molar-refractivity contribution in [3.8, 4) is 6.07 Å². The van der Waals surface area contributed by atoms with Crippen LogP contribution in [0.15, 0.2) is 49.1 Å². The van der Waals surface area contributed by atoms with E-state index in [1.54, 1.807) is 6.20 Å². The van der Waals surface area contributed by atoms with E-state index in [4.69, 9.17) is 11.6 Å². The average Bonchev–Trinajstić information content (AvgIpc) is 3.52. The van der Waals surface area contributed by atoms with Gasteiger partial charge in [0.1, 0.15) is 17.4 Å². The lowest BCUT2D eigenvalue weighted by atomic mass is 9.96. The molecule has 0 bridgehead atoms. The van der Waals surface area contributed by atoms with Gasteiger partial charge in [0, 0.05) is 48.6 Å². The third kappa shape index (κ3) is 4.88. The highest BCUT2D eigenvalue weighted by atomic mass is 35.5. The molecule has 0 amide bonds. The molecule has 0 aliphatic heterocycles. The van der Waals surface area contributed by atoms with E-state index in [0.29, 0.717) is 28.7 Å². The maximum absolute atomic E-state index is 9.84. The molecule has 0 unspecified atom stereocenters. The number of hydrogen-bond donors (Lipinski definition) is 2. The molecule has 1 aromatic carbocycles. The molecule has 1 fully saturated rings. The van der Waals surface area contributed by atoms with Crippen molar-refractivity contribution >= 4 is 44.9 Å².